The summed E-state index contributed by atoms with van der Waals surface area (Å²) in [5, 5.41) is 29.1. The van der Waals surface area contributed by atoms with E-state index in [2.05, 4.69) is 10.3 Å². The van der Waals surface area contributed by atoms with Crippen molar-refractivity contribution in [3.8, 4) is 34.1 Å². The van der Waals surface area contributed by atoms with Gasteiger partial charge in [-0.1, -0.05) is 25.1 Å². The molecule has 3 aromatic carbocycles. The number of hydrogen-bond acceptors (Lipinski definition) is 6. The van der Waals surface area contributed by atoms with Crippen LogP contribution in [0.3, 0.4) is 0 Å². The molecule has 0 amide bonds. The molecule has 0 atom stereocenters. The highest BCUT2D eigenvalue weighted by Crippen LogP contribution is 2.48. The van der Waals surface area contributed by atoms with Crippen LogP contribution >= 0.6 is 0 Å². The number of phenolic OH excluding ortho intramolecular Hbond substituents is 1. The molecule has 0 unspecified atom stereocenters. The zero-order valence-corrected chi connectivity index (χ0v) is 22.9. The molecular weight excluding hydrogens is 534 g/mol. The van der Waals surface area contributed by atoms with Gasteiger partial charge in [-0.05, 0) is 42.3 Å². The number of carboxylic acids is 1. The number of carboxylic acid groups (broad SMARTS) is 1. The molecule has 41 heavy (non-hydrogen) atoms. The van der Waals surface area contributed by atoms with Crippen molar-refractivity contribution < 1.29 is 33.3 Å². The number of aromatic hydroxyl groups is 1. The van der Waals surface area contributed by atoms with Crippen LogP contribution in [0.4, 0.5) is 8.78 Å². The number of carbonyl (C=O) groups is 1. The van der Waals surface area contributed by atoms with Gasteiger partial charge in [-0.3, -0.25) is 4.68 Å². The first-order valence-corrected chi connectivity index (χ1v) is 12.7. The number of benzene rings is 3. The van der Waals surface area contributed by atoms with Crippen LogP contribution in [0.5, 0.6) is 17.2 Å². The van der Waals surface area contributed by atoms with Crippen LogP contribution in [0.15, 0.2) is 60.9 Å². The summed E-state index contributed by atoms with van der Waals surface area (Å²) < 4.78 is 43.5. The molecule has 0 fully saturated rings. The number of methoxy groups -OCH3 is 2. The topological polar surface area (TPSA) is 112 Å². The van der Waals surface area contributed by atoms with Crippen molar-refractivity contribution in [2.75, 3.05) is 14.2 Å². The summed E-state index contributed by atoms with van der Waals surface area (Å²) in [5.74, 6) is -2.59. The molecule has 0 aliphatic heterocycles. The molecule has 0 radical (unpaired) electrons. The minimum Gasteiger partial charge on any atom is -0.507 e. The summed E-state index contributed by atoms with van der Waals surface area (Å²) in [4.78, 5) is 11.8. The minimum atomic E-state index is -1.16. The average molecular weight is 563 g/mol. The van der Waals surface area contributed by atoms with Crippen LogP contribution in [0.1, 0.15) is 36.3 Å². The van der Waals surface area contributed by atoms with Gasteiger partial charge in [-0.15, -0.1) is 5.10 Å². The Kier molecular flexibility index (Phi) is 7.12. The molecule has 0 aliphatic carbocycles. The molecule has 5 rings (SSSR count). The maximum absolute atomic E-state index is 14.9. The summed E-state index contributed by atoms with van der Waals surface area (Å²) in [6.07, 6.45) is 3.86. The number of aromatic carboxylic acids is 1. The number of aryl methyl sites for hydroxylation is 1. The van der Waals surface area contributed by atoms with Crippen molar-refractivity contribution in [2.24, 2.45) is 0 Å². The molecule has 212 valence electrons. The van der Waals surface area contributed by atoms with E-state index >= 15 is 0 Å². The van der Waals surface area contributed by atoms with Gasteiger partial charge in [0, 0.05) is 47.2 Å². The second-order valence-corrected chi connectivity index (χ2v) is 10.2. The average Bonchev–Trinajstić information content (AvgIpc) is 3.58. The van der Waals surface area contributed by atoms with E-state index in [-0.39, 0.29) is 22.8 Å². The minimum absolute atomic E-state index is 0.00891. The standard InChI is InChI=1S/C30H28F2N4O5/c1-30(2,9-11-35-12-10-33-34-35)28-26(17-5-7-20(29(38)39)24(13-17)40-3)27-22(14-18(31)15-23(27)37)36(28)19-6-8-21(32)25(16-19)41-4/h5-8,10,12-16,37H,9,11H2,1-4H3,(H,38,39). The molecule has 2 heterocycles. The van der Waals surface area contributed by atoms with Crippen molar-refractivity contribution in [2.45, 2.75) is 32.2 Å². The van der Waals surface area contributed by atoms with Gasteiger partial charge in [0.05, 0.1) is 31.3 Å². The van der Waals surface area contributed by atoms with E-state index in [9.17, 15) is 23.8 Å². The molecule has 0 bridgehead atoms. The van der Waals surface area contributed by atoms with Crippen LogP contribution in [0, 0.1) is 11.6 Å². The third-order valence-corrected chi connectivity index (χ3v) is 7.21. The monoisotopic (exact) mass is 562 g/mol. The van der Waals surface area contributed by atoms with E-state index in [1.165, 1.54) is 38.5 Å². The Morgan fingerprint density at radius 1 is 1.02 bits per heavy atom. The quantitative estimate of drug-likeness (QED) is 0.228. The van der Waals surface area contributed by atoms with Crippen LogP contribution in [0.2, 0.25) is 0 Å². The number of fused-ring (bicyclic) bond motifs is 1. The highest BCUT2D eigenvalue weighted by Gasteiger charge is 2.34. The number of phenols is 1. The van der Waals surface area contributed by atoms with Crippen molar-refractivity contribution >= 4 is 16.9 Å². The van der Waals surface area contributed by atoms with E-state index in [0.29, 0.717) is 46.4 Å². The van der Waals surface area contributed by atoms with Gasteiger partial charge in [0.1, 0.15) is 22.9 Å². The van der Waals surface area contributed by atoms with Crippen molar-refractivity contribution in [3.05, 3.63) is 83.8 Å². The predicted molar refractivity (Wildman–Crippen MR) is 148 cm³/mol. The van der Waals surface area contributed by atoms with E-state index in [1.54, 1.807) is 39.8 Å². The highest BCUT2D eigenvalue weighted by atomic mass is 19.1. The summed E-state index contributed by atoms with van der Waals surface area (Å²) in [7, 11) is 2.72. The lowest BCUT2D eigenvalue weighted by molar-refractivity contribution is 0.0693. The lowest BCUT2D eigenvalue weighted by Gasteiger charge is -2.29. The molecule has 11 heteroatoms. The molecule has 0 saturated heterocycles. The number of hydrogen-bond donors (Lipinski definition) is 2. The third kappa shape index (κ3) is 4.94. The van der Waals surface area contributed by atoms with Crippen LogP contribution in [-0.4, -0.2) is 50.0 Å². The largest absolute Gasteiger partial charge is 0.507 e. The number of halogens is 2. The third-order valence-electron chi connectivity index (χ3n) is 7.21. The maximum atomic E-state index is 14.9. The van der Waals surface area contributed by atoms with Gasteiger partial charge in [-0.25, -0.2) is 13.6 Å². The predicted octanol–water partition coefficient (Wildman–Crippen LogP) is 5.96. The Hall–Kier alpha value is -4.93. The number of ether oxygens (including phenoxy) is 2. The molecule has 5 aromatic rings. The molecule has 2 aromatic heterocycles. The van der Waals surface area contributed by atoms with Gasteiger partial charge in [0.2, 0.25) is 0 Å². The summed E-state index contributed by atoms with van der Waals surface area (Å²) in [5.41, 5.74) is 1.83. The van der Waals surface area contributed by atoms with Gasteiger partial charge < -0.3 is 24.3 Å². The fourth-order valence-electron chi connectivity index (χ4n) is 5.23. The Balaban J connectivity index is 1.89. The summed E-state index contributed by atoms with van der Waals surface area (Å²) in [6, 6.07) is 11.3. The fourth-order valence-corrected chi connectivity index (χ4v) is 5.23. The summed E-state index contributed by atoms with van der Waals surface area (Å²) >= 11 is 0. The normalized spacial score (nSPS) is 11.7. The highest BCUT2D eigenvalue weighted by molar-refractivity contribution is 6.04. The number of rotatable bonds is 9. The van der Waals surface area contributed by atoms with Gasteiger partial charge in [0.25, 0.3) is 0 Å². The van der Waals surface area contributed by atoms with E-state index in [1.807, 2.05) is 13.8 Å². The molecular formula is C30H28F2N4O5. The van der Waals surface area contributed by atoms with Crippen LogP contribution < -0.4 is 9.47 Å². The molecule has 0 saturated carbocycles. The molecule has 0 spiro atoms. The Morgan fingerprint density at radius 3 is 2.44 bits per heavy atom. The van der Waals surface area contributed by atoms with Crippen molar-refractivity contribution in [1.29, 1.82) is 0 Å². The van der Waals surface area contributed by atoms with Crippen molar-refractivity contribution in [3.63, 3.8) is 0 Å². The van der Waals surface area contributed by atoms with E-state index < -0.39 is 23.0 Å². The number of nitrogens with zero attached hydrogens (tertiary/aromatic N) is 4. The Morgan fingerprint density at radius 2 is 1.78 bits per heavy atom. The number of aromatic nitrogens is 4. The summed E-state index contributed by atoms with van der Waals surface area (Å²) in [6.45, 7) is 4.48. The van der Waals surface area contributed by atoms with Gasteiger partial charge >= 0.3 is 5.97 Å². The SMILES string of the molecule is COc1cc(-n2c(C(C)(C)CCn3ccnn3)c(-c3ccc(C(=O)O)c(OC)c3)c3c(O)cc(F)cc32)ccc1F. The van der Waals surface area contributed by atoms with Crippen LogP contribution in [-0.2, 0) is 12.0 Å². The smallest absolute Gasteiger partial charge is 0.339 e. The lowest BCUT2D eigenvalue weighted by atomic mass is 9.81. The lowest BCUT2D eigenvalue weighted by Crippen LogP contribution is -2.24. The molecule has 2 N–H and O–H groups in total. The van der Waals surface area contributed by atoms with Gasteiger partial charge in [0.15, 0.2) is 11.6 Å². The molecule has 9 nitrogen and oxygen atoms in total. The first-order valence-electron chi connectivity index (χ1n) is 12.7. The fraction of sp³-hybridized carbons (Fsp3) is 0.233. The van der Waals surface area contributed by atoms with Crippen LogP contribution in [0.25, 0.3) is 27.7 Å². The maximum Gasteiger partial charge on any atom is 0.339 e. The second-order valence-electron chi connectivity index (χ2n) is 10.2. The zero-order chi connectivity index (χ0) is 29.5. The van der Waals surface area contributed by atoms with E-state index in [0.717, 1.165) is 6.07 Å². The van der Waals surface area contributed by atoms with E-state index in [4.69, 9.17) is 9.47 Å². The van der Waals surface area contributed by atoms with Crippen molar-refractivity contribution in [1.82, 2.24) is 19.6 Å². The molecule has 0 aliphatic rings. The Bertz CT molecular complexity index is 1760. The zero-order valence-electron chi connectivity index (χ0n) is 22.9. The Labute approximate surface area is 234 Å². The first kappa shape index (κ1) is 27.6. The second kappa shape index (κ2) is 10.6. The first-order chi connectivity index (χ1) is 19.6. The van der Waals surface area contributed by atoms with Gasteiger partial charge in [-0.2, -0.15) is 0 Å².